The van der Waals surface area contributed by atoms with Crippen LogP contribution in [0.3, 0.4) is 0 Å². The number of benzene rings is 2. The fraction of sp³-hybridized carbons (Fsp3) is 0.294. The third kappa shape index (κ3) is 2.99. The van der Waals surface area contributed by atoms with Crippen molar-refractivity contribution in [2.75, 3.05) is 0 Å². The molecule has 1 heteroatoms. The molecule has 0 amide bonds. The predicted octanol–water partition coefficient (Wildman–Crippen LogP) is 4.15. The van der Waals surface area contributed by atoms with Crippen LogP contribution in [0.1, 0.15) is 35.2 Å². The molecule has 0 aliphatic carbocycles. The van der Waals surface area contributed by atoms with E-state index in [0.29, 0.717) is 6.04 Å². The molecule has 0 saturated heterocycles. The molecule has 1 N–H and O–H groups in total. The van der Waals surface area contributed by atoms with Gasteiger partial charge in [0.2, 0.25) is 0 Å². The molecule has 2 aromatic rings. The van der Waals surface area contributed by atoms with Crippen LogP contribution < -0.4 is 5.32 Å². The number of nitrogens with one attached hydrogen (secondary N) is 1. The largest absolute Gasteiger partial charge is 0.306 e. The average molecular weight is 239 g/mol. The van der Waals surface area contributed by atoms with E-state index in [1.54, 1.807) is 0 Å². The zero-order valence-electron chi connectivity index (χ0n) is 11.4. The minimum Gasteiger partial charge on any atom is -0.306 e. The summed E-state index contributed by atoms with van der Waals surface area (Å²) in [5.74, 6) is 0. The minimum absolute atomic E-state index is 0.381. The molecule has 1 atom stereocenters. The lowest BCUT2D eigenvalue weighted by molar-refractivity contribution is 0.573. The molecule has 0 bridgehead atoms. The summed E-state index contributed by atoms with van der Waals surface area (Å²) in [5, 5.41) is 3.58. The van der Waals surface area contributed by atoms with Gasteiger partial charge in [-0.05, 0) is 43.0 Å². The highest BCUT2D eigenvalue weighted by molar-refractivity contribution is 5.33. The van der Waals surface area contributed by atoms with Crippen LogP contribution in [0.15, 0.2) is 48.5 Å². The van der Waals surface area contributed by atoms with Gasteiger partial charge in [0.15, 0.2) is 0 Å². The summed E-state index contributed by atoms with van der Waals surface area (Å²) in [7, 11) is 0. The highest BCUT2D eigenvalue weighted by atomic mass is 14.9. The third-order valence-corrected chi connectivity index (χ3v) is 3.62. The Bertz CT molecular complexity index is 502. The molecule has 0 aliphatic heterocycles. The summed E-state index contributed by atoms with van der Waals surface area (Å²) in [6, 6.07) is 17.4. The van der Waals surface area contributed by atoms with Gasteiger partial charge in [-0.1, -0.05) is 48.5 Å². The summed E-state index contributed by atoms with van der Waals surface area (Å²) in [6.07, 6.45) is 0. The monoisotopic (exact) mass is 239 g/mol. The lowest BCUT2D eigenvalue weighted by atomic mass is 10.0. The minimum atomic E-state index is 0.381. The van der Waals surface area contributed by atoms with Crippen molar-refractivity contribution in [3.05, 3.63) is 70.8 Å². The van der Waals surface area contributed by atoms with Crippen molar-refractivity contribution in [3.63, 3.8) is 0 Å². The molecule has 0 fully saturated rings. The van der Waals surface area contributed by atoms with Crippen LogP contribution in [0.4, 0.5) is 0 Å². The van der Waals surface area contributed by atoms with Crippen LogP contribution in [0.5, 0.6) is 0 Å². The lowest BCUT2D eigenvalue weighted by Gasteiger charge is -2.16. The normalized spacial score (nSPS) is 12.4. The highest BCUT2D eigenvalue weighted by Gasteiger charge is 2.05. The first-order valence-corrected chi connectivity index (χ1v) is 6.52. The first-order valence-electron chi connectivity index (χ1n) is 6.52. The van der Waals surface area contributed by atoms with Gasteiger partial charge in [0.1, 0.15) is 0 Å². The quantitative estimate of drug-likeness (QED) is 0.845. The van der Waals surface area contributed by atoms with Crippen molar-refractivity contribution in [1.82, 2.24) is 5.32 Å². The molecular weight excluding hydrogens is 218 g/mol. The van der Waals surface area contributed by atoms with Gasteiger partial charge < -0.3 is 5.32 Å². The smallest absolute Gasteiger partial charge is 0.0294 e. The van der Waals surface area contributed by atoms with Crippen molar-refractivity contribution in [3.8, 4) is 0 Å². The van der Waals surface area contributed by atoms with Crippen molar-refractivity contribution in [2.45, 2.75) is 33.4 Å². The Morgan fingerprint density at radius 2 is 1.67 bits per heavy atom. The van der Waals surface area contributed by atoms with Crippen molar-refractivity contribution < 1.29 is 0 Å². The fourth-order valence-corrected chi connectivity index (χ4v) is 2.13. The van der Waals surface area contributed by atoms with Crippen LogP contribution in [0.25, 0.3) is 0 Å². The molecule has 1 nitrogen and oxygen atoms in total. The van der Waals surface area contributed by atoms with Crippen LogP contribution in [0.2, 0.25) is 0 Å². The van der Waals surface area contributed by atoms with Crippen LogP contribution in [-0.2, 0) is 6.54 Å². The Morgan fingerprint density at radius 3 is 2.39 bits per heavy atom. The molecule has 0 unspecified atom stereocenters. The zero-order chi connectivity index (χ0) is 13.0. The van der Waals surface area contributed by atoms with E-state index in [1.165, 1.54) is 22.3 Å². The lowest BCUT2D eigenvalue weighted by Crippen LogP contribution is -2.18. The molecule has 0 aromatic heterocycles. The number of hydrogen-bond acceptors (Lipinski definition) is 1. The molecule has 0 radical (unpaired) electrons. The maximum absolute atomic E-state index is 3.58. The molecule has 2 rings (SSSR count). The SMILES string of the molecule is Cc1cccc(CN[C@H](C)c2ccccc2)c1C. The van der Waals surface area contributed by atoms with E-state index in [4.69, 9.17) is 0 Å². The van der Waals surface area contributed by atoms with E-state index >= 15 is 0 Å². The molecule has 18 heavy (non-hydrogen) atoms. The van der Waals surface area contributed by atoms with Crippen LogP contribution in [0, 0.1) is 13.8 Å². The van der Waals surface area contributed by atoms with Gasteiger partial charge in [-0.15, -0.1) is 0 Å². The summed E-state index contributed by atoms with van der Waals surface area (Å²) in [6.45, 7) is 7.49. The van der Waals surface area contributed by atoms with Crippen LogP contribution in [-0.4, -0.2) is 0 Å². The van der Waals surface area contributed by atoms with E-state index in [2.05, 4.69) is 74.6 Å². The molecular formula is C17H21N. The number of hydrogen-bond donors (Lipinski definition) is 1. The Morgan fingerprint density at radius 1 is 0.944 bits per heavy atom. The van der Waals surface area contributed by atoms with Gasteiger partial charge >= 0.3 is 0 Å². The van der Waals surface area contributed by atoms with E-state index < -0.39 is 0 Å². The number of aryl methyl sites for hydroxylation is 1. The first kappa shape index (κ1) is 12.8. The molecule has 0 spiro atoms. The fourth-order valence-electron chi connectivity index (χ4n) is 2.13. The van der Waals surface area contributed by atoms with Gasteiger partial charge in [-0.3, -0.25) is 0 Å². The van der Waals surface area contributed by atoms with E-state index in [1.807, 2.05) is 0 Å². The highest BCUT2D eigenvalue weighted by Crippen LogP contribution is 2.15. The van der Waals surface area contributed by atoms with Gasteiger partial charge in [-0.2, -0.15) is 0 Å². The summed E-state index contributed by atoms with van der Waals surface area (Å²) in [5.41, 5.74) is 5.48. The second-order valence-corrected chi connectivity index (χ2v) is 4.87. The Hall–Kier alpha value is -1.60. The van der Waals surface area contributed by atoms with E-state index in [9.17, 15) is 0 Å². The second-order valence-electron chi connectivity index (χ2n) is 4.87. The topological polar surface area (TPSA) is 12.0 Å². The van der Waals surface area contributed by atoms with Gasteiger partial charge in [0, 0.05) is 12.6 Å². The van der Waals surface area contributed by atoms with Crippen LogP contribution >= 0.6 is 0 Å². The molecule has 0 saturated carbocycles. The molecule has 2 aromatic carbocycles. The van der Waals surface area contributed by atoms with Crippen molar-refractivity contribution in [2.24, 2.45) is 0 Å². The Labute approximate surface area is 110 Å². The number of rotatable bonds is 4. The Kier molecular flexibility index (Phi) is 4.16. The molecule has 94 valence electrons. The Balaban J connectivity index is 2.02. The van der Waals surface area contributed by atoms with E-state index in [-0.39, 0.29) is 0 Å². The van der Waals surface area contributed by atoms with Crippen molar-refractivity contribution >= 4 is 0 Å². The van der Waals surface area contributed by atoms with Gasteiger partial charge in [0.25, 0.3) is 0 Å². The molecule has 0 aliphatic rings. The summed E-state index contributed by atoms with van der Waals surface area (Å²) < 4.78 is 0. The summed E-state index contributed by atoms with van der Waals surface area (Å²) >= 11 is 0. The molecule has 0 heterocycles. The standard InChI is InChI=1S/C17H21N/c1-13-8-7-11-17(14(13)2)12-18-15(3)16-9-5-4-6-10-16/h4-11,15,18H,12H2,1-3H3/t15-/m1/s1. The summed E-state index contributed by atoms with van der Waals surface area (Å²) in [4.78, 5) is 0. The third-order valence-electron chi connectivity index (χ3n) is 3.62. The maximum atomic E-state index is 3.58. The maximum Gasteiger partial charge on any atom is 0.0294 e. The predicted molar refractivity (Wildman–Crippen MR) is 77.6 cm³/mol. The first-order chi connectivity index (χ1) is 8.68. The van der Waals surface area contributed by atoms with E-state index in [0.717, 1.165) is 6.54 Å². The second kappa shape index (κ2) is 5.83. The van der Waals surface area contributed by atoms with Gasteiger partial charge in [0.05, 0.1) is 0 Å². The van der Waals surface area contributed by atoms with Gasteiger partial charge in [-0.25, -0.2) is 0 Å². The van der Waals surface area contributed by atoms with Crippen molar-refractivity contribution in [1.29, 1.82) is 0 Å². The average Bonchev–Trinajstić information content (AvgIpc) is 2.41. The zero-order valence-corrected chi connectivity index (χ0v) is 11.4.